The molecule has 24 heavy (non-hydrogen) atoms. The molecule has 4 rings (SSSR count). The maximum atomic E-state index is 12.1. The summed E-state index contributed by atoms with van der Waals surface area (Å²) in [6.07, 6.45) is 0.382. The molecule has 122 valence electrons. The smallest absolute Gasteiger partial charge is 0.230 e. The fourth-order valence-corrected chi connectivity index (χ4v) is 3.79. The third kappa shape index (κ3) is 2.18. The van der Waals surface area contributed by atoms with E-state index >= 15 is 0 Å². The minimum Gasteiger partial charge on any atom is -0.354 e. The van der Waals surface area contributed by atoms with Crippen molar-refractivity contribution in [2.45, 2.75) is 37.5 Å². The largest absolute Gasteiger partial charge is 0.354 e. The molecule has 2 aromatic carbocycles. The summed E-state index contributed by atoms with van der Waals surface area (Å²) in [5.74, 6) is -0.198. The average molecular weight is 321 g/mol. The maximum Gasteiger partial charge on any atom is 0.230 e. The van der Waals surface area contributed by atoms with Crippen LogP contribution in [0.4, 0.5) is 0 Å². The zero-order chi connectivity index (χ0) is 16.7. The highest BCUT2D eigenvalue weighted by molar-refractivity contribution is 6.02. The van der Waals surface area contributed by atoms with E-state index in [0.29, 0.717) is 12.8 Å². The van der Waals surface area contributed by atoms with E-state index in [1.165, 1.54) is 4.90 Å². The molecule has 4 heteroatoms. The second-order valence-electron chi connectivity index (χ2n) is 6.40. The molecule has 0 N–H and O–H groups in total. The lowest BCUT2D eigenvalue weighted by Gasteiger charge is -2.23. The molecule has 2 aromatic rings. The number of benzene rings is 2. The Hall–Kier alpha value is -2.46. The molecule has 0 bridgehead atoms. The van der Waals surface area contributed by atoms with Crippen LogP contribution < -0.4 is 0 Å². The van der Waals surface area contributed by atoms with Gasteiger partial charge in [0, 0.05) is 12.8 Å². The van der Waals surface area contributed by atoms with Gasteiger partial charge in [-0.2, -0.15) is 0 Å². The average Bonchev–Trinajstić information content (AvgIpc) is 3.30. The van der Waals surface area contributed by atoms with E-state index < -0.39 is 5.60 Å². The molecule has 4 nitrogen and oxygen atoms in total. The van der Waals surface area contributed by atoms with Crippen LogP contribution in [0.2, 0.25) is 0 Å². The van der Waals surface area contributed by atoms with E-state index in [9.17, 15) is 9.59 Å². The van der Waals surface area contributed by atoms with Crippen molar-refractivity contribution >= 4 is 11.8 Å². The fraction of sp³-hybridized carbons (Fsp3) is 0.300. The van der Waals surface area contributed by atoms with Crippen LogP contribution in [0.15, 0.2) is 60.7 Å². The third-order valence-electron chi connectivity index (χ3n) is 5.00. The van der Waals surface area contributed by atoms with Crippen LogP contribution >= 0.6 is 0 Å². The Kier molecular flexibility index (Phi) is 3.50. The summed E-state index contributed by atoms with van der Waals surface area (Å²) in [6.45, 7) is 1.90. The first-order valence-electron chi connectivity index (χ1n) is 8.28. The van der Waals surface area contributed by atoms with Gasteiger partial charge in [0.15, 0.2) is 0 Å². The standard InChI is InChI=1S/C20H19NO3/c1-14(21-17(22)12-13-18(21)23)19-20(24-19,15-8-4-2-5-9-15)16-10-6-3-7-11-16/h2-11,14,19H,12-13H2,1H3. The lowest BCUT2D eigenvalue weighted by Crippen LogP contribution is -2.42. The number of ether oxygens (including phenoxy) is 1. The minimum absolute atomic E-state index is 0.0991. The van der Waals surface area contributed by atoms with Crippen LogP contribution in [0, 0.1) is 0 Å². The van der Waals surface area contributed by atoms with Crippen LogP contribution in [0.25, 0.3) is 0 Å². The number of likely N-dealkylation sites (tertiary alicyclic amines) is 1. The molecule has 2 aliphatic heterocycles. The third-order valence-corrected chi connectivity index (χ3v) is 5.00. The summed E-state index contributed by atoms with van der Waals surface area (Å²) in [5.41, 5.74) is 1.50. The van der Waals surface area contributed by atoms with Crippen molar-refractivity contribution in [3.63, 3.8) is 0 Å². The second kappa shape index (κ2) is 5.56. The van der Waals surface area contributed by atoms with Gasteiger partial charge in [0.05, 0.1) is 6.04 Å². The Morgan fingerprint density at radius 3 is 1.83 bits per heavy atom. The molecule has 2 amide bonds. The van der Waals surface area contributed by atoms with Crippen molar-refractivity contribution in [2.75, 3.05) is 0 Å². The molecule has 0 radical (unpaired) electrons. The number of nitrogens with zero attached hydrogens (tertiary/aromatic N) is 1. The Morgan fingerprint density at radius 1 is 0.917 bits per heavy atom. The number of hydrogen-bond acceptors (Lipinski definition) is 3. The van der Waals surface area contributed by atoms with Crippen molar-refractivity contribution < 1.29 is 14.3 Å². The summed E-state index contributed by atoms with van der Waals surface area (Å²) in [5, 5.41) is 0. The highest BCUT2D eigenvalue weighted by Gasteiger charge is 2.63. The molecule has 2 unspecified atom stereocenters. The van der Waals surface area contributed by atoms with Gasteiger partial charge in [0.25, 0.3) is 0 Å². The summed E-state index contributed by atoms with van der Waals surface area (Å²) in [6, 6.07) is 19.7. The number of imide groups is 1. The van der Waals surface area contributed by atoms with Crippen LogP contribution in [-0.4, -0.2) is 28.9 Å². The molecule has 0 aliphatic carbocycles. The molecular formula is C20H19NO3. The van der Waals surface area contributed by atoms with Gasteiger partial charge in [-0.25, -0.2) is 0 Å². The molecule has 2 saturated heterocycles. The summed E-state index contributed by atoms with van der Waals surface area (Å²) < 4.78 is 6.20. The molecule has 2 atom stereocenters. The lowest BCUT2D eigenvalue weighted by molar-refractivity contribution is -0.141. The monoisotopic (exact) mass is 321 g/mol. The van der Waals surface area contributed by atoms with Gasteiger partial charge >= 0.3 is 0 Å². The van der Waals surface area contributed by atoms with Crippen LogP contribution in [0.5, 0.6) is 0 Å². The second-order valence-corrected chi connectivity index (χ2v) is 6.40. The van der Waals surface area contributed by atoms with Crippen LogP contribution in [0.1, 0.15) is 30.9 Å². The van der Waals surface area contributed by atoms with Gasteiger partial charge in [-0.15, -0.1) is 0 Å². The Bertz CT molecular complexity index is 716. The van der Waals surface area contributed by atoms with Gasteiger partial charge in [0.1, 0.15) is 11.7 Å². The SMILES string of the molecule is CC(C1OC1(c1ccccc1)c1ccccc1)N1C(=O)CCC1=O. The van der Waals surface area contributed by atoms with E-state index in [0.717, 1.165) is 11.1 Å². The predicted molar refractivity (Wildman–Crippen MR) is 89.1 cm³/mol. The Balaban J connectivity index is 1.73. The quantitative estimate of drug-likeness (QED) is 0.643. The van der Waals surface area contributed by atoms with Gasteiger partial charge in [-0.3, -0.25) is 14.5 Å². The number of amides is 2. The molecule has 0 spiro atoms. The van der Waals surface area contributed by atoms with Crippen LogP contribution in [0.3, 0.4) is 0 Å². The van der Waals surface area contributed by atoms with Gasteiger partial charge in [-0.1, -0.05) is 60.7 Å². The zero-order valence-electron chi connectivity index (χ0n) is 13.5. The number of hydrogen-bond donors (Lipinski definition) is 0. The summed E-state index contributed by atoms with van der Waals surface area (Å²) in [7, 11) is 0. The minimum atomic E-state index is -0.592. The first-order valence-corrected chi connectivity index (χ1v) is 8.28. The van der Waals surface area contributed by atoms with E-state index in [2.05, 4.69) is 0 Å². The zero-order valence-corrected chi connectivity index (χ0v) is 13.5. The van der Waals surface area contributed by atoms with Crippen molar-refractivity contribution in [2.24, 2.45) is 0 Å². The van der Waals surface area contributed by atoms with E-state index in [-0.39, 0.29) is 24.0 Å². The van der Waals surface area contributed by atoms with Gasteiger partial charge < -0.3 is 4.74 Å². The van der Waals surface area contributed by atoms with Crippen molar-refractivity contribution in [3.8, 4) is 0 Å². The Labute approximate surface area is 141 Å². The fourth-order valence-electron chi connectivity index (χ4n) is 3.79. The van der Waals surface area contributed by atoms with E-state index in [1.807, 2.05) is 67.6 Å². The summed E-state index contributed by atoms with van der Waals surface area (Å²) in [4.78, 5) is 25.6. The van der Waals surface area contributed by atoms with Crippen molar-refractivity contribution in [3.05, 3.63) is 71.8 Å². The Morgan fingerprint density at radius 2 is 1.38 bits per heavy atom. The van der Waals surface area contributed by atoms with E-state index in [4.69, 9.17) is 4.74 Å². The number of carbonyl (C=O) groups is 2. The van der Waals surface area contributed by atoms with Crippen molar-refractivity contribution in [1.29, 1.82) is 0 Å². The highest BCUT2D eigenvalue weighted by atomic mass is 16.6. The van der Waals surface area contributed by atoms with E-state index in [1.54, 1.807) is 0 Å². The predicted octanol–water partition coefficient (Wildman–Crippen LogP) is 2.87. The molecule has 2 aliphatic rings. The number of carbonyl (C=O) groups excluding carboxylic acids is 2. The normalized spacial score (nSPS) is 23.4. The molecule has 2 fully saturated rings. The topological polar surface area (TPSA) is 49.9 Å². The lowest BCUT2D eigenvalue weighted by atomic mass is 9.85. The van der Waals surface area contributed by atoms with Gasteiger partial charge in [-0.05, 0) is 18.1 Å². The highest BCUT2D eigenvalue weighted by Crippen LogP contribution is 2.54. The number of epoxide rings is 1. The molecular weight excluding hydrogens is 302 g/mol. The first-order chi connectivity index (χ1) is 11.6. The molecule has 0 saturated carbocycles. The molecule has 0 aromatic heterocycles. The van der Waals surface area contributed by atoms with Crippen molar-refractivity contribution in [1.82, 2.24) is 4.90 Å². The first kappa shape index (κ1) is 15.1. The number of rotatable bonds is 4. The maximum absolute atomic E-state index is 12.1. The molecule has 2 heterocycles. The van der Waals surface area contributed by atoms with Gasteiger partial charge in [0.2, 0.25) is 11.8 Å². The van der Waals surface area contributed by atoms with Crippen LogP contribution in [-0.2, 0) is 19.9 Å². The summed E-state index contributed by atoms with van der Waals surface area (Å²) >= 11 is 0.